The van der Waals surface area contributed by atoms with E-state index >= 15 is 0 Å². The molecule has 1 aliphatic rings. The van der Waals surface area contributed by atoms with Crippen LogP contribution in [-0.4, -0.2) is 36.1 Å². The fourth-order valence-corrected chi connectivity index (χ4v) is 6.30. The lowest BCUT2D eigenvalue weighted by Gasteiger charge is -2.33. The first kappa shape index (κ1) is 30.3. The number of halogens is 3. The number of hydrogen-bond donors (Lipinski definition) is 3. The van der Waals surface area contributed by atoms with Crippen LogP contribution in [0.15, 0.2) is 71.6 Å². The number of thiazole rings is 1. The minimum absolute atomic E-state index is 0.114. The Labute approximate surface area is 259 Å². The van der Waals surface area contributed by atoms with Crippen LogP contribution in [0.3, 0.4) is 0 Å². The van der Waals surface area contributed by atoms with Crippen molar-refractivity contribution in [2.24, 2.45) is 5.92 Å². The van der Waals surface area contributed by atoms with Crippen molar-refractivity contribution >= 4 is 28.9 Å². The highest BCUT2D eigenvalue weighted by Gasteiger charge is 2.39. The molecule has 232 valence electrons. The van der Waals surface area contributed by atoms with E-state index in [0.29, 0.717) is 53.5 Å². The summed E-state index contributed by atoms with van der Waals surface area (Å²) < 4.78 is 44.6. The second kappa shape index (κ2) is 12.4. The zero-order chi connectivity index (χ0) is 31.6. The summed E-state index contributed by atoms with van der Waals surface area (Å²) >= 11 is 1.34. The minimum atomic E-state index is -4.58. The van der Waals surface area contributed by atoms with Crippen LogP contribution in [0.4, 0.5) is 24.8 Å². The molecule has 45 heavy (non-hydrogen) atoms. The van der Waals surface area contributed by atoms with Gasteiger partial charge in [-0.15, -0.1) is 11.3 Å². The lowest BCUT2D eigenvalue weighted by atomic mass is 9.78. The molecule has 0 aliphatic heterocycles. The van der Waals surface area contributed by atoms with Crippen molar-refractivity contribution < 1.29 is 27.6 Å². The van der Waals surface area contributed by atoms with E-state index in [1.54, 1.807) is 30.6 Å². The maximum absolute atomic E-state index is 13.1. The molecule has 1 aromatic carbocycles. The maximum atomic E-state index is 13.1. The van der Waals surface area contributed by atoms with Gasteiger partial charge < -0.3 is 20.3 Å². The average molecular weight is 636 g/mol. The number of hydrogen-bond acceptors (Lipinski definition) is 10. The molecule has 1 aliphatic carbocycles. The SMILES string of the molecule is Cc1cc(Nc2nccc(C(F)(F)F)n2)cc(-c2cnc([C@]3(O)CC[C@@H](C(=O)NCc4cc(-c5ccccn5)no4)CC3)s2)c1. The summed E-state index contributed by atoms with van der Waals surface area (Å²) in [6.45, 7) is 2.06. The van der Waals surface area contributed by atoms with Crippen LogP contribution in [0.25, 0.3) is 21.8 Å². The third-order valence-corrected chi connectivity index (χ3v) is 8.81. The summed E-state index contributed by atoms with van der Waals surface area (Å²) in [6, 6.07) is 13.5. The number of amides is 1. The Bertz CT molecular complexity index is 1800. The van der Waals surface area contributed by atoms with Crippen molar-refractivity contribution in [2.75, 3.05) is 5.32 Å². The van der Waals surface area contributed by atoms with Crippen molar-refractivity contribution in [1.29, 1.82) is 0 Å². The monoisotopic (exact) mass is 635 g/mol. The molecule has 4 heterocycles. The second-order valence-electron chi connectivity index (χ2n) is 10.9. The highest BCUT2D eigenvalue weighted by Crippen LogP contribution is 2.43. The molecule has 1 amide bonds. The molecule has 0 unspecified atom stereocenters. The fraction of sp³-hybridized carbons (Fsp3) is 0.290. The highest BCUT2D eigenvalue weighted by molar-refractivity contribution is 7.15. The third-order valence-electron chi connectivity index (χ3n) is 7.57. The zero-order valence-electron chi connectivity index (χ0n) is 24.0. The van der Waals surface area contributed by atoms with Crippen molar-refractivity contribution in [2.45, 2.75) is 50.9 Å². The molecule has 0 spiro atoms. The van der Waals surface area contributed by atoms with Gasteiger partial charge in [0.2, 0.25) is 11.9 Å². The Morgan fingerprint density at radius 2 is 1.89 bits per heavy atom. The minimum Gasteiger partial charge on any atom is -0.383 e. The molecule has 1 saturated carbocycles. The summed E-state index contributed by atoms with van der Waals surface area (Å²) in [5, 5.41) is 21.8. The Kier molecular flexibility index (Phi) is 8.34. The number of nitrogens with zero attached hydrogens (tertiary/aromatic N) is 5. The molecule has 5 aromatic rings. The van der Waals surface area contributed by atoms with Gasteiger partial charge in [0.1, 0.15) is 22.0 Å². The molecule has 3 N–H and O–H groups in total. The van der Waals surface area contributed by atoms with Gasteiger partial charge in [-0.25, -0.2) is 15.0 Å². The van der Waals surface area contributed by atoms with Crippen LogP contribution in [0.1, 0.15) is 47.7 Å². The quantitative estimate of drug-likeness (QED) is 0.176. The van der Waals surface area contributed by atoms with Crippen molar-refractivity contribution in [3.63, 3.8) is 0 Å². The molecule has 0 saturated heterocycles. The lowest BCUT2D eigenvalue weighted by Crippen LogP contribution is -2.38. The number of benzene rings is 1. The summed E-state index contributed by atoms with van der Waals surface area (Å²) in [4.78, 5) is 29.9. The first-order valence-electron chi connectivity index (χ1n) is 14.2. The van der Waals surface area contributed by atoms with Gasteiger partial charge >= 0.3 is 6.18 Å². The molecule has 1 fully saturated rings. The zero-order valence-corrected chi connectivity index (χ0v) is 24.8. The van der Waals surface area contributed by atoms with E-state index in [2.05, 4.69) is 35.7 Å². The molecule has 4 aromatic heterocycles. The average Bonchev–Trinajstić information content (AvgIpc) is 3.72. The van der Waals surface area contributed by atoms with Gasteiger partial charge in [0.25, 0.3) is 0 Å². The molecule has 10 nitrogen and oxygen atoms in total. The summed E-state index contributed by atoms with van der Waals surface area (Å²) in [7, 11) is 0. The fourth-order valence-electron chi connectivity index (χ4n) is 5.25. The van der Waals surface area contributed by atoms with Crippen molar-refractivity contribution in [3.05, 3.63) is 89.1 Å². The van der Waals surface area contributed by atoms with Crippen LogP contribution in [0.5, 0.6) is 0 Å². The number of nitrogens with one attached hydrogen (secondary N) is 2. The standard InChI is InChI=1S/C31H28F3N7O3S/c1-18-12-20(14-21(13-18)39-29-36-11-7-26(40-29)31(32,33)34)25-17-38-28(45-25)30(43)8-5-19(6-9-30)27(42)37-16-22-15-24(41-44-22)23-4-2-3-10-35-23/h2-4,7,10-15,17,19,43H,5-6,8-9,16H2,1H3,(H,37,42)(H,36,39,40)/t19-,30+. The van der Waals surface area contributed by atoms with Crippen LogP contribution >= 0.6 is 11.3 Å². The largest absolute Gasteiger partial charge is 0.433 e. The maximum Gasteiger partial charge on any atom is 0.433 e. The van der Waals surface area contributed by atoms with E-state index in [9.17, 15) is 23.1 Å². The van der Waals surface area contributed by atoms with Gasteiger partial charge in [0.05, 0.1) is 17.1 Å². The summed E-state index contributed by atoms with van der Waals surface area (Å²) in [5.74, 6) is -0.0244. The van der Waals surface area contributed by atoms with Gasteiger partial charge in [0.15, 0.2) is 5.76 Å². The van der Waals surface area contributed by atoms with E-state index in [0.717, 1.165) is 28.3 Å². The number of aliphatic hydroxyl groups is 1. The summed E-state index contributed by atoms with van der Waals surface area (Å²) in [5.41, 5.74) is 1.23. The number of alkyl halides is 3. The van der Waals surface area contributed by atoms with Gasteiger partial charge in [-0.2, -0.15) is 13.2 Å². The van der Waals surface area contributed by atoms with Gasteiger partial charge in [-0.3, -0.25) is 9.78 Å². The van der Waals surface area contributed by atoms with Crippen LogP contribution in [-0.2, 0) is 23.1 Å². The van der Waals surface area contributed by atoms with Crippen LogP contribution in [0, 0.1) is 12.8 Å². The summed E-state index contributed by atoms with van der Waals surface area (Å²) in [6.07, 6.45) is 1.54. The first-order chi connectivity index (χ1) is 21.6. The molecule has 14 heteroatoms. The molecule has 0 radical (unpaired) electrons. The first-order valence-corrected chi connectivity index (χ1v) is 15.0. The number of pyridine rings is 1. The predicted octanol–water partition coefficient (Wildman–Crippen LogP) is 6.42. The molecular weight excluding hydrogens is 607 g/mol. The predicted molar refractivity (Wildman–Crippen MR) is 160 cm³/mol. The molecule has 0 atom stereocenters. The molecule has 0 bridgehead atoms. The van der Waals surface area contributed by atoms with Crippen LogP contribution in [0.2, 0.25) is 0 Å². The van der Waals surface area contributed by atoms with Gasteiger partial charge in [-0.1, -0.05) is 17.3 Å². The Morgan fingerprint density at radius 3 is 2.64 bits per heavy atom. The van der Waals surface area contributed by atoms with E-state index in [1.807, 2.05) is 31.2 Å². The number of carbonyl (C=O) groups is 1. The smallest absolute Gasteiger partial charge is 0.383 e. The van der Waals surface area contributed by atoms with E-state index in [4.69, 9.17) is 4.52 Å². The molecular formula is C31H28F3N7O3S. The van der Waals surface area contributed by atoms with Gasteiger partial charge in [0, 0.05) is 36.3 Å². The highest BCUT2D eigenvalue weighted by atomic mass is 32.1. The van der Waals surface area contributed by atoms with E-state index in [-0.39, 0.29) is 24.3 Å². The number of rotatable bonds is 8. The van der Waals surface area contributed by atoms with Crippen molar-refractivity contribution in [1.82, 2.24) is 30.4 Å². The Morgan fingerprint density at radius 1 is 1.07 bits per heavy atom. The topological polar surface area (TPSA) is 139 Å². The normalized spacial score (nSPS) is 18.5. The van der Waals surface area contributed by atoms with Crippen LogP contribution < -0.4 is 10.6 Å². The second-order valence-corrected chi connectivity index (χ2v) is 12.0. The van der Waals surface area contributed by atoms with E-state index in [1.165, 1.54) is 11.3 Å². The molecule has 6 rings (SSSR count). The lowest BCUT2D eigenvalue weighted by molar-refractivity contribution is -0.141. The van der Waals surface area contributed by atoms with Crippen molar-refractivity contribution in [3.8, 4) is 21.8 Å². The number of aromatic nitrogens is 5. The number of carbonyl (C=O) groups excluding carboxylic acids is 1. The van der Waals surface area contributed by atoms with E-state index < -0.39 is 17.5 Å². The Hall–Kier alpha value is -4.69. The Balaban J connectivity index is 1.07. The number of aryl methyl sites for hydroxylation is 1. The van der Waals surface area contributed by atoms with Gasteiger partial charge in [-0.05, 0) is 74.1 Å². The third kappa shape index (κ3) is 7.02. The number of anilines is 2.